The number of hydrogen-bond donors (Lipinski definition) is 2. The van der Waals surface area contributed by atoms with Crippen LogP contribution in [0.5, 0.6) is 0 Å². The average molecular weight is 306 g/mol. The van der Waals surface area contributed by atoms with Crippen LogP contribution in [0.25, 0.3) is 0 Å². The highest BCUT2D eigenvalue weighted by atomic mass is 32.1. The molecule has 2 N–H and O–H groups in total. The molecule has 2 heterocycles. The lowest BCUT2D eigenvalue weighted by Crippen LogP contribution is -2.23. The van der Waals surface area contributed by atoms with Crippen LogP contribution in [0.1, 0.15) is 44.8 Å². The number of carbonyl (C=O) groups is 2. The molecule has 0 bridgehead atoms. The molecule has 2 aromatic rings. The van der Waals surface area contributed by atoms with Crippen molar-refractivity contribution >= 4 is 23.4 Å². The fourth-order valence-electron chi connectivity index (χ4n) is 1.70. The van der Waals surface area contributed by atoms with E-state index in [4.69, 9.17) is 5.11 Å². The molecule has 8 heteroatoms. The summed E-state index contributed by atoms with van der Waals surface area (Å²) in [6, 6.07) is 3.02. The van der Waals surface area contributed by atoms with Crippen LogP contribution in [-0.2, 0) is 13.0 Å². The van der Waals surface area contributed by atoms with E-state index >= 15 is 0 Å². The number of amides is 1. The lowest BCUT2D eigenvalue weighted by Gasteiger charge is -2.04. The van der Waals surface area contributed by atoms with Crippen molar-refractivity contribution in [2.75, 3.05) is 0 Å². The fraction of sp³-hybridized carbons (Fsp3) is 0.308. The molecule has 0 unspecified atom stereocenters. The Kier molecular flexibility index (Phi) is 4.94. The minimum absolute atomic E-state index is 0.0260. The zero-order valence-corrected chi connectivity index (χ0v) is 12.2. The Bertz CT molecular complexity index is 639. The molecule has 0 aliphatic heterocycles. The van der Waals surface area contributed by atoms with Gasteiger partial charge in [-0.25, -0.2) is 9.78 Å². The lowest BCUT2D eigenvalue weighted by atomic mass is 10.2. The summed E-state index contributed by atoms with van der Waals surface area (Å²) in [7, 11) is 0. The molecule has 110 valence electrons. The van der Waals surface area contributed by atoms with E-state index < -0.39 is 5.97 Å². The van der Waals surface area contributed by atoms with E-state index in [-0.39, 0.29) is 18.1 Å². The van der Waals surface area contributed by atoms with E-state index in [0.29, 0.717) is 17.0 Å². The SMILES string of the molecule is CCCc1nnsc1C(=O)NCc1ccc(C(=O)O)nc1. The van der Waals surface area contributed by atoms with Crippen LogP contribution in [0.3, 0.4) is 0 Å². The van der Waals surface area contributed by atoms with Gasteiger partial charge in [0, 0.05) is 12.7 Å². The van der Waals surface area contributed by atoms with Crippen molar-refractivity contribution in [3.8, 4) is 0 Å². The van der Waals surface area contributed by atoms with Crippen molar-refractivity contribution < 1.29 is 14.7 Å². The summed E-state index contributed by atoms with van der Waals surface area (Å²) < 4.78 is 3.80. The number of rotatable bonds is 6. The van der Waals surface area contributed by atoms with Gasteiger partial charge in [-0.1, -0.05) is 23.9 Å². The van der Waals surface area contributed by atoms with Gasteiger partial charge in [0.15, 0.2) is 0 Å². The molecule has 0 aliphatic rings. The van der Waals surface area contributed by atoms with Gasteiger partial charge in [-0.2, -0.15) is 0 Å². The monoisotopic (exact) mass is 306 g/mol. The van der Waals surface area contributed by atoms with Gasteiger partial charge >= 0.3 is 5.97 Å². The van der Waals surface area contributed by atoms with Crippen LogP contribution < -0.4 is 5.32 Å². The van der Waals surface area contributed by atoms with Crippen LogP contribution in [0.15, 0.2) is 18.3 Å². The highest BCUT2D eigenvalue weighted by molar-refractivity contribution is 7.08. The van der Waals surface area contributed by atoms with E-state index in [1.165, 1.54) is 12.3 Å². The maximum absolute atomic E-state index is 12.1. The van der Waals surface area contributed by atoms with Gasteiger partial charge in [-0.05, 0) is 29.6 Å². The van der Waals surface area contributed by atoms with Crippen LogP contribution in [0.2, 0.25) is 0 Å². The summed E-state index contributed by atoms with van der Waals surface area (Å²) in [6.45, 7) is 2.28. The second kappa shape index (κ2) is 6.89. The molecular weight excluding hydrogens is 292 g/mol. The second-order valence-electron chi connectivity index (χ2n) is 4.34. The number of carboxylic acid groups (broad SMARTS) is 1. The molecule has 0 fully saturated rings. The molecule has 2 rings (SSSR count). The van der Waals surface area contributed by atoms with Crippen LogP contribution >= 0.6 is 11.5 Å². The van der Waals surface area contributed by atoms with Crippen LogP contribution in [0.4, 0.5) is 0 Å². The topological polar surface area (TPSA) is 105 Å². The highest BCUT2D eigenvalue weighted by Crippen LogP contribution is 2.12. The summed E-state index contributed by atoms with van der Waals surface area (Å²) in [5.74, 6) is -1.30. The third kappa shape index (κ3) is 3.82. The van der Waals surface area contributed by atoms with Crippen LogP contribution in [0, 0.1) is 0 Å². The van der Waals surface area contributed by atoms with Crippen molar-refractivity contribution in [1.82, 2.24) is 19.9 Å². The molecule has 0 aliphatic carbocycles. The third-order valence-electron chi connectivity index (χ3n) is 2.75. The molecule has 0 atom stereocenters. The molecule has 7 nitrogen and oxygen atoms in total. The van der Waals surface area contributed by atoms with E-state index in [1.54, 1.807) is 6.07 Å². The number of aromatic carboxylic acids is 1. The molecule has 0 saturated carbocycles. The first-order valence-corrected chi connectivity index (χ1v) is 7.16. The van der Waals surface area contributed by atoms with E-state index in [1.807, 2.05) is 6.92 Å². The first-order valence-electron chi connectivity index (χ1n) is 6.39. The maximum Gasteiger partial charge on any atom is 0.354 e. The van der Waals surface area contributed by atoms with Crippen molar-refractivity contribution in [2.24, 2.45) is 0 Å². The van der Waals surface area contributed by atoms with Gasteiger partial charge in [0.05, 0.1) is 5.69 Å². The normalized spacial score (nSPS) is 10.3. The zero-order chi connectivity index (χ0) is 15.2. The van der Waals surface area contributed by atoms with Gasteiger partial charge in [-0.15, -0.1) is 5.10 Å². The van der Waals surface area contributed by atoms with Crippen molar-refractivity contribution in [2.45, 2.75) is 26.3 Å². The quantitative estimate of drug-likeness (QED) is 0.838. The fourth-order valence-corrected chi connectivity index (χ4v) is 2.32. The number of aromatic nitrogens is 3. The summed E-state index contributed by atoms with van der Waals surface area (Å²) in [4.78, 5) is 27.1. The highest BCUT2D eigenvalue weighted by Gasteiger charge is 2.15. The predicted octanol–water partition coefficient (Wildman–Crippen LogP) is 1.51. The second-order valence-corrected chi connectivity index (χ2v) is 5.09. The van der Waals surface area contributed by atoms with E-state index in [9.17, 15) is 9.59 Å². The summed E-state index contributed by atoms with van der Waals surface area (Å²) >= 11 is 1.07. The Morgan fingerprint density at radius 1 is 1.38 bits per heavy atom. The Balaban J connectivity index is 1.97. The molecule has 0 saturated heterocycles. The van der Waals surface area contributed by atoms with E-state index in [2.05, 4.69) is 19.9 Å². The summed E-state index contributed by atoms with van der Waals surface area (Å²) in [5, 5.41) is 15.5. The Morgan fingerprint density at radius 2 is 2.19 bits per heavy atom. The minimum atomic E-state index is -1.08. The van der Waals surface area contributed by atoms with Crippen molar-refractivity contribution in [1.29, 1.82) is 0 Å². The standard InChI is InChI=1S/C13H14N4O3S/c1-2-3-9-11(21-17-16-9)12(18)15-7-8-4-5-10(13(19)20)14-6-8/h4-6H,2-3,7H2,1H3,(H,15,18)(H,19,20). The smallest absolute Gasteiger partial charge is 0.354 e. The molecule has 0 aromatic carbocycles. The van der Waals surface area contributed by atoms with Gasteiger partial charge in [-0.3, -0.25) is 4.79 Å². The Hall–Kier alpha value is -2.35. The molecule has 2 aromatic heterocycles. The third-order valence-corrected chi connectivity index (χ3v) is 3.51. The van der Waals surface area contributed by atoms with Gasteiger partial charge in [0.25, 0.3) is 5.91 Å². The molecular formula is C13H14N4O3S. The largest absolute Gasteiger partial charge is 0.477 e. The Labute approximate surface area is 125 Å². The number of nitrogens with one attached hydrogen (secondary N) is 1. The summed E-state index contributed by atoms with van der Waals surface area (Å²) in [6.07, 6.45) is 3.04. The minimum Gasteiger partial charge on any atom is -0.477 e. The van der Waals surface area contributed by atoms with Gasteiger partial charge < -0.3 is 10.4 Å². The molecule has 1 amide bonds. The number of aryl methyl sites for hydroxylation is 1. The average Bonchev–Trinajstić information content (AvgIpc) is 2.94. The number of pyridine rings is 1. The molecule has 0 spiro atoms. The van der Waals surface area contributed by atoms with Gasteiger partial charge in [0.2, 0.25) is 0 Å². The van der Waals surface area contributed by atoms with Gasteiger partial charge in [0.1, 0.15) is 10.6 Å². The zero-order valence-electron chi connectivity index (χ0n) is 11.4. The summed E-state index contributed by atoms with van der Waals surface area (Å²) in [5.41, 5.74) is 1.41. The van der Waals surface area contributed by atoms with Crippen LogP contribution in [-0.4, -0.2) is 31.6 Å². The number of carbonyl (C=O) groups excluding carboxylic acids is 1. The first kappa shape index (κ1) is 15.0. The predicted molar refractivity (Wildman–Crippen MR) is 76.3 cm³/mol. The number of carboxylic acids is 1. The maximum atomic E-state index is 12.1. The van der Waals surface area contributed by atoms with Crippen molar-refractivity contribution in [3.63, 3.8) is 0 Å². The van der Waals surface area contributed by atoms with E-state index in [0.717, 1.165) is 23.5 Å². The molecule has 21 heavy (non-hydrogen) atoms. The number of hydrogen-bond acceptors (Lipinski definition) is 6. The lowest BCUT2D eigenvalue weighted by molar-refractivity contribution is 0.0690. The first-order chi connectivity index (χ1) is 10.1. The Morgan fingerprint density at radius 3 is 2.81 bits per heavy atom. The van der Waals surface area contributed by atoms with Crippen molar-refractivity contribution in [3.05, 3.63) is 40.2 Å². The molecule has 0 radical (unpaired) electrons. The number of nitrogens with zero attached hydrogens (tertiary/aromatic N) is 3.